The summed E-state index contributed by atoms with van der Waals surface area (Å²) in [7, 11) is 0. The van der Waals surface area contributed by atoms with Crippen molar-refractivity contribution < 1.29 is 4.79 Å². The van der Waals surface area contributed by atoms with Gasteiger partial charge in [0.15, 0.2) is 0 Å². The van der Waals surface area contributed by atoms with Gasteiger partial charge < -0.3 is 9.62 Å². The zero-order valence-electron chi connectivity index (χ0n) is 12.0. The van der Waals surface area contributed by atoms with Crippen molar-refractivity contribution in [1.82, 2.24) is 0 Å². The average molecular weight is 298 g/mol. The van der Waals surface area contributed by atoms with Crippen molar-refractivity contribution in [3.8, 4) is 11.1 Å². The lowest BCUT2D eigenvalue weighted by Gasteiger charge is -2.16. The fraction of sp³-hybridized carbons (Fsp3) is 0.235. The van der Waals surface area contributed by atoms with Gasteiger partial charge in [0.2, 0.25) is 5.91 Å². The Labute approximate surface area is 129 Å². The molecule has 2 aromatic rings. The molecule has 1 fully saturated rings. The molecule has 0 aliphatic carbocycles. The summed E-state index contributed by atoms with van der Waals surface area (Å²) in [6.45, 7) is 0.836. The topological polar surface area (TPSA) is 32.3 Å². The lowest BCUT2D eigenvalue weighted by atomic mass is 10.0. The van der Waals surface area contributed by atoms with Gasteiger partial charge in [0.25, 0.3) is 0 Å². The van der Waals surface area contributed by atoms with Crippen molar-refractivity contribution >= 4 is 29.2 Å². The first-order valence-corrected chi connectivity index (χ1v) is 8.31. The van der Waals surface area contributed by atoms with Gasteiger partial charge in [-0.1, -0.05) is 42.3 Å². The molecule has 1 N–H and O–H groups in total. The van der Waals surface area contributed by atoms with E-state index < -0.39 is 0 Å². The first-order valence-electron chi connectivity index (χ1n) is 7.08. The van der Waals surface area contributed by atoms with Crippen LogP contribution in [-0.2, 0) is 4.79 Å². The smallest absolute Gasteiger partial charge is 0.227 e. The Balaban J connectivity index is 1.89. The summed E-state index contributed by atoms with van der Waals surface area (Å²) in [5.41, 5.74) is 4.43. The minimum atomic E-state index is 0.229. The quantitative estimate of drug-likeness (QED) is 0.860. The van der Waals surface area contributed by atoms with Crippen molar-refractivity contribution in [1.29, 1.82) is 0 Å². The van der Waals surface area contributed by atoms with Crippen molar-refractivity contribution in [2.45, 2.75) is 12.8 Å². The molecule has 1 aliphatic heterocycles. The number of carbonyl (C=O) groups is 1. The summed E-state index contributed by atoms with van der Waals surface area (Å²) < 4.78 is 3.30. The lowest BCUT2D eigenvalue weighted by molar-refractivity contribution is -0.117. The molecule has 0 atom stereocenters. The number of para-hydroxylation sites is 1. The standard InChI is InChI=1S/C17H18N2OS/c1-21-18-16-6-3-2-5-15(16)13-8-10-14(11-9-13)19-12-4-7-17(19)20/h2-3,5-6,8-11,18H,4,7,12H2,1H3. The van der Waals surface area contributed by atoms with Crippen LogP contribution in [0.2, 0.25) is 0 Å². The fourth-order valence-electron chi connectivity index (χ4n) is 2.68. The van der Waals surface area contributed by atoms with E-state index in [1.165, 1.54) is 5.56 Å². The van der Waals surface area contributed by atoms with Gasteiger partial charge in [0.05, 0.1) is 5.69 Å². The van der Waals surface area contributed by atoms with Gasteiger partial charge in [-0.15, -0.1) is 0 Å². The zero-order valence-corrected chi connectivity index (χ0v) is 12.8. The van der Waals surface area contributed by atoms with E-state index in [1.54, 1.807) is 11.9 Å². The highest BCUT2D eigenvalue weighted by Crippen LogP contribution is 2.31. The van der Waals surface area contributed by atoms with E-state index >= 15 is 0 Å². The fourth-order valence-corrected chi connectivity index (χ4v) is 3.07. The normalized spacial score (nSPS) is 14.5. The maximum Gasteiger partial charge on any atom is 0.227 e. The van der Waals surface area contributed by atoms with Crippen LogP contribution in [0.3, 0.4) is 0 Å². The molecule has 0 saturated carbocycles. The molecule has 1 saturated heterocycles. The van der Waals surface area contributed by atoms with Crippen LogP contribution < -0.4 is 9.62 Å². The third-order valence-electron chi connectivity index (χ3n) is 3.70. The average Bonchev–Trinajstić information content (AvgIpc) is 2.95. The Morgan fingerprint density at radius 1 is 1.10 bits per heavy atom. The molecule has 1 aliphatic rings. The summed E-state index contributed by atoms with van der Waals surface area (Å²) in [6.07, 6.45) is 3.64. The van der Waals surface area contributed by atoms with E-state index in [0.29, 0.717) is 6.42 Å². The number of amides is 1. The van der Waals surface area contributed by atoms with E-state index in [-0.39, 0.29) is 5.91 Å². The first-order chi connectivity index (χ1) is 10.3. The summed E-state index contributed by atoms with van der Waals surface area (Å²) in [6, 6.07) is 16.5. The third kappa shape index (κ3) is 2.90. The number of carbonyl (C=O) groups excluding carboxylic acids is 1. The van der Waals surface area contributed by atoms with Gasteiger partial charge in [0, 0.05) is 30.5 Å². The van der Waals surface area contributed by atoms with Crippen LogP contribution in [-0.4, -0.2) is 18.7 Å². The Morgan fingerprint density at radius 2 is 1.86 bits per heavy atom. The van der Waals surface area contributed by atoms with Crippen molar-refractivity contribution in [2.24, 2.45) is 0 Å². The number of hydrogen-bond donors (Lipinski definition) is 1. The highest BCUT2D eigenvalue weighted by Gasteiger charge is 2.21. The molecule has 0 spiro atoms. The summed E-state index contributed by atoms with van der Waals surface area (Å²) >= 11 is 1.58. The molecule has 4 heteroatoms. The lowest BCUT2D eigenvalue weighted by Crippen LogP contribution is -2.23. The number of nitrogens with zero attached hydrogens (tertiary/aromatic N) is 1. The van der Waals surface area contributed by atoms with E-state index in [2.05, 4.69) is 29.0 Å². The van der Waals surface area contributed by atoms with Gasteiger partial charge in [-0.25, -0.2) is 0 Å². The highest BCUT2D eigenvalue weighted by molar-refractivity contribution is 7.99. The Bertz CT molecular complexity index is 639. The van der Waals surface area contributed by atoms with Crippen LogP contribution in [0.15, 0.2) is 48.5 Å². The minimum absolute atomic E-state index is 0.229. The van der Waals surface area contributed by atoms with E-state index in [1.807, 2.05) is 35.4 Å². The number of benzene rings is 2. The van der Waals surface area contributed by atoms with Gasteiger partial charge in [-0.3, -0.25) is 4.79 Å². The number of anilines is 2. The van der Waals surface area contributed by atoms with E-state index in [9.17, 15) is 4.79 Å². The van der Waals surface area contributed by atoms with Gasteiger partial charge in [-0.2, -0.15) is 0 Å². The Hall–Kier alpha value is -1.94. The van der Waals surface area contributed by atoms with Crippen molar-refractivity contribution in [2.75, 3.05) is 22.4 Å². The van der Waals surface area contributed by atoms with Crippen molar-refractivity contribution in [3.05, 3.63) is 48.5 Å². The van der Waals surface area contributed by atoms with Gasteiger partial charge in [0.1, 0.15) is 0 Å². The third-order valence-corrected chi connectivity index (χ3v) is 4.13. The molecule has 0 aromatic heterocycles. The molecule has 3 rings (SSSR count). The molecule has 0 unspecified atom stereocenters. The summed E-state index contributed by atoms with van der Waals surface area (Å²) in [5.74, 6) is 0.229. The Kier molecular flexibility index (Phi) is 4.15. The van der Waals surface area contributed by atoms with Crippen LogP contribution in [0.25, 0.3) is 11.1 Å². The molecular weight excluding hydrogens is 280 g/mol. The molecule has 2 aromatic carbocycles. The van der Waals surface area contributed by atoms with E-state index in [0.717, 1.165) is 29.9 Å². The SMILES string of the molecule is CSNc1ccccc1-c1ccc(N2CCCC2=O)cc1. The molecular formula is C17H18N2OS. The van der Waals surface area contributed by atoms with Crippen LogP contribution in [0.1, 0.15) is 12.8 Å². The molecule has 21 heavy (non-hydrogen) atoms. The largest absolute Gasteiger partial charge is 0.329 e. The minimum Gasteiger partial charge on any atom is -0.329 e. The maximum atomic E-state index is 11.8. The van der Waals surface area contributed by atoms with Crippen LogP contribution >= 0.6 is 11.9 Å². The molecule has 1 heterocycles. The molecule has 1 amide bonds. The predicted octanol–water partition coefficient (Wildman–Crippen LogP) is 4.17. The summed E-state index contributed by atoms with van der Waals surface area (Å²) in [5, 5.41) is 0. The first kappa shape index (κ1) is 14.0. The van der Waals surface area contributed by atoms with Crippen LogP contribution in [0.4, 0.5) is 11.4 Å². The maximum absolute atomic E-state index is 11.8. The van der Waals surface area contributed by atoms with Crippen molar-refractivity contribution in [3.63, 3.8) is 0 Å². The van der Waals surface area contributed by atoms with Gasteiger partial charge >= 0.3 is 0 Å². The van der Waals surface area contributed by atoms with E-state index in [4.69, 9.17) is 0 Å². The summed E-state index contributed by atoms with van der Waals surface area (Å²) in [4.78, 5) is 13.7. The van der Waals surface area contributed by atoms with Crippen LogP contribution in [0.5, 0.6) is 0 Å². The molecule has 108 valence electrons. The van der Waals surface area contributed by atoms with Crippen LogP contribution in [0, 0.1) is 0 Å². The number of rotatable bonds is 4. The zero-order chi connectivity index (χ0) is 14.7. The Morgan fingerprint density at radius 3 is 2.52 bits per heavy atom. The number of hydrogen-bond acceptors (Lipinski definition) is 3. The molecule has 0 radical (unpaired) electrons. The molecule has 3 nitrogen and oxygen atoms in total. The highest BCUT2D eigenvalue weighted by atomic mass is 32.2. The second-order valence-electron chi connectivity index (χ2n) is 5.05. The second kappa shape index (κ2) is 6.22. The monoisotopic (exact) mass is 298 g/mol. The number of nitrogens with one attached hydrogen (secondary N) is 1. The predicted molar refractivity (Wildman–Crippen MR) is 90.6 cm³/mol. The van der Waals surface area contributed by atoms with Gasteiger partial charge in [-0.05, 0) is 30.2 Å². The second-order valence-corrected chi connectivity index (χ2v) is 5.66. The molecule has 0 bridgehead atoms.